The fourth-order valence-electron chi connectivity index (χ4n) is 3.49. The molecule has 28 heavy (non-hydrogen) atoms. The van der Waals surface area contributed by atoms with E-state index in [1.54, 1.807) is 38.1 Å². The van der Waals surface area contributed by atoms with Gasteiger partial charge in [0.1, 0.15) is 0 Å². The van der Waals surface area contributed by atoms with E-state index in [0.717, 1.165) is 0 Å². The second-order valence-electron chi connectivity index (χ2n) is 6.22. The smallest absolute Gasteiger partial charge is 0.413 e. The Morgan fingerprint density at radius 2 is 1.96 bits per heavy atom. The molecule has 2 rings (SSSR count). The van der Waals surface area contributed by atoms with Gasteiger partial charge in [0.25, 0.3) is 0 Å². The van der Waals surface area contributed by atoms with E-state index < -0.39 is 31.5 Å². The minimum Gasteiger partial charge on any atom is -0.466 e. The minimum atomic E-state index is -1.11. The molecule has 1 unspecified atom stereocenters. The van der Waals surface area contributed by atoms with Crippen LogP contribution in [0.15, 0.2) is 46.8 Å². The Labute approximate surface area is 169 Å². The normalized spacial score (nSPS) is 17.0. The van der Waals surface area contributed by atoms with Crippen molar-refractivity contribution in [1.29, 1.82) is 0 Å². The number of benzene rings is 1. The van der Waals surface area contributed by atoms with Crippen molar-refractivity contribution in [3.63, 3.8) is 0 Å². The van der Waals surface area contributed by atoms with E-state index in [0.29, 0.717) is 16.3 Å². The van der Waals surface area contributed by atoms with Crippen LogP contribution in [0.25, 0.3) is 0 Å². The third-order valence-electron chi connectivity index (χ3n) is 4.54. The van der Waals surface area contributed by atoms with Gasteiger partial charge in [-0.1, -0.05) is 23.7 Å². The average Bonchev–Trinajstić information content (AvgIpc) is 2.65. The predicted octanol–water partition coefficient (Wildman–Crippen LogP) is 2.11. The number of hydrogen-bond donors (Lipinski definition) is 2. The second-order valence-corrected chi connectivity index (χ2v) is 6.66. The summed E-state index contributed by atoms with van der Waals surface area (Å²) >= 11 is 6.14. The third-order valence-corrected chi connectivity index (χ3v) is 4.77. The molecule has 0 amide bonds. The topological polar surface area (TPSA) is 96.3 Å². The maximum atomic E-state index is 12.9. The summed E-state index contributed by atoms with van der Waals surface area (Å²) in [5, 5.41) is 20.7. The average molecular weight is 408 g/mol. The van der Waals surface area contributed by atoms with E-state index in [9.17, 15) is 19.7 Å². The van der Waals surface area contributed by atoms with Crippen LogP contribution in [0.5, 0.6) is 0 Å². The molecule has 9 heteroatoms. The van der Waals surface area contributed by atoms with Crippen LogP contribution in [-0.4, -0.2) is 54.3 Å². The van der Waals surface area contributed by atoms with Crippen LogP contribution in [0.3, 0.4) is 0 Å². The SMILES string of the molecule is CCOC(=O)C1=C(CO)N(B(C)O)C(C)=C(C(=O)OC)C1c1cccc(Cl)c1. The lowest BCUT2D eigenvalue weighted by molar-refractivity contribution is -0.139. The van der Waals surface area contributed by atoms with Gasteiger partial charge < -0.3 is 24.4 Å². The zero-order valence-corrected chi connectivity index (χ0v) is 17.0. The molecule has 0 saturated carbocycles. The van der Waals surface area contributed by atoms with Crippen molar-refractivity contribution < 1.29 is 29.2 Å². The molecule has 0 bridgehead atoms. The van der Waals surface area contributed by atoms with Crippen molar-refractivity contribution in [1.82, 2.24) is 4.81 Å². The molecule has 1 aliphatic heterocycles. The fraction of sp³-hybridized carbons (Fsp3) is 0.368. The molecule has 1 aromatic carbocycles. The molecule has 0 saturated heterocycles. The van der Waals surface area contributed by atoms with Crippen molar-refractivity contribution in [3.8, 4) is 0 Å². The number of methoxy groups -OCH3 is 1. The van der Waals surface area contributed by atoms with Gasteiger partial charge in [0.15, 0.2) is 0 Å². The summed E-state index contributed by atoms with van der Waals surface area (Å²) in [7, 11) is 0.131. The van der Waals surface area contributed by atoms with Gasteiger partial charge in [-0.15, -0.1) is 0 Å². The zero-order chi connectivity index (χ0) is 21.0. The van der Waals surface area contributed by atoms with Crippen molar-refractivity contribution >= 4 is 30.6 Å². The Kier molecular flexibility index (Phi) is 7.29. The first-order valence-corrected chi connectivity index (χ1v) is 9.19. The summed E-state index contributed by atoms with van der Waals surface area (Å²) in [4.78, 5) is 26.9. The van der Waals surface area contributed by atoms with E-state index in [-0.39, 0.29) is 23.5 Å². The number of carbonyl (C=O) groups is 2. The molecule has 1 aromatic rings. The standard InChI is InChI=1S/C19H23BClNO6/c1-5-28-19(25)17-14(10-23)22(20(3)26)11(2)15(18(24)27-4)16(17)12-7-6-8-13(21)9-12/h6-9,16,23,26H,5,10H2,1-4H3. The molecular weight excluding hydrogens is 384 g/mol. The van der Waals surface area contributed by atoms with Crippen LogP contribution in [-0.2, 0) is 19.1 Å². The number of rotatable bonds is 6. The van der Waals surface area contributed by atoms with Gasteiger partial charge in [0.05, 0.1) is 37.4 Å². The lowest BCUT2D eigenvalue weighted by Crippen LogP contribution is -2.43. The van der Waals surface area contributed by atoms with E-state index >= 15 is 0 Å². The number of aliphatic hydroxyl groups is 1. The lowest BCUT2D eigenvalue weighted by atomic mass is 9.74. The van der Waals surface area contributed by atoms with Crippen LogP contribution in [0.4, 0.5) is 0 Å². The first-order valence-electron chi connectivity index (χ1n) is 8.81. The summed E-state index contributed by atoms with van der Waals surface area (Å²) in [6.45, 7) is 4.31. The summed E-state index contributed by atoms with van der Waals surface area (Å²) in [5.74, 6) is -2.23. The Hall–Kier alpha value is -2.29. The van der Waals surface area contributed by atoms with Gasteiger partial charge in [0.2, 0.25) is 0 Å². The highest BCUT2D eigenvalue weighted by Crippen LogP contribution is 2.43. The summed E-state index contributed by atoms with van der Waals surface area (Å²) in [6.07, 6.45) is 0. The van der Waals surface area contributed by atoms with Gasteiger partial charge in [-0.3, -0.25) is 0 Å². The van der Waals surface area contributed by atoms with Crippen molar-refractivity contribution in [2.24, 2.45) is 0 Å². The molecule has 2 N–H and O–H groups in total. The van der Waals surface area contributed by atoms with E-state index in [1.165, 1.54) is 18.7 Å². The van der Waals surface area contributed by atoms with Gasteiger partial charge in [0, 0.05) is 16.4 Å². The van der Waals surface area contributed by atoms with Crippen molar-refractivity contribution in [2.45, 2.75) is 26.6 Å². The van der Waals surface area contributed by atoms with Crippen LogP contribution in [0.2, 0.25) is 11.8 Å². The van der Waals surface area contributed by atoms with Crippen molar-refractivity contribution in [2.75, 3.05) is 20.3 Å². The number of aliphatic hydroxyl groups excluding tert-OH is 1. The fourth-order valence-corrected chi connectivity index (χ4v) is 3.69. The lowest BCUT2D eigenvalue weighted by Gasteiger charge is -2.39. The minimum absolute atomic E-state index is 0.0542. The number of halogens is 1. The molecule has 7 nitrogen and oxygen atoms in total. The van der Waals surface area contributed by atoms with Gasteiger partial charge >= 0.3 is 19.0 Å². The first kappa shape index (κ1) is 22.0. The number of ether oxygens (including phenoxy) is 2. The molecule has 0 aromatic heterocycles. The molecule has 0 radical (unpaired) electrons. The van der Waals surface area contributed by atoms with Crippen LogP contribution in [0.1, 0.15) is 25.3 Å². The molecular formula is C19H23BClNO6. The van der Waals surface area contributed by atoms with Crippen LogP contribution in [0, 0.1) is 0 Å². The number of esters is 2. The maximum absolute atomic E-state index is 12.9. The summed E-state index contributed by atoms with van der Waals surface area (Å²) in [6, 6.07) is 6.73. The second kappa shape index (κ2) is 9.27. The summed E-state index contributed by atoms with van der Waals surface area (Å²) < 4.78 is 10.1. The molecule has 1 aliphatic rings. The van der Waals surface area contributed by atoms with E-state index in [4.69, 9.17) is 21.1 Å². The Balaban J connectivity index is 2.87. The number of hydrogen-bond acceptors (Lipinski definition) is 7. The largest absolute Gasteiger partial charge is 0.466 e. The highest BCUT2D eigenvalue weighted by Gasteiger charge is 2.43. The van der Waals surface area contributed by atoms with Crippen LogP contribution < -0.4 is 0 Å². The van der Waals surface area contributed by atoms with Gasteiger partial charge in [-0.05, 0) is 38.4 Å². The molecule has 150 valence electrons. The molecule has 1 atom stereocenters. The van der Waals surface area contributed by atoms with Crippen LogP contribution >= 0.6 is 11.6 Å². The third kappa shape index (κ3) is 4.09. The van der Waals surface area contributed by atoms with Crippen molar-refractivity contribution in [3.05, 3.63) is 57.4 Å². The quantitative estimate of drug-likeness (QED) is 0.550. The number of nitrogens with zero attached hydrogens (tertiary/aromatic N) is 1. The monoisotopic (exact) mass is 407 g/mol. The highest BCUT2D eigenvalue weighted by atomic mass is 35.5. The Morgan fingerprint density at radius 1 is 1.29 bits per heavy atom. The first-order chi connectivity index (χ1) is 13.3. The maximum Gasteiger partial charge on any atom is 0.413 e. The summed E-state index contributed by atoms with van der Waals surface area (Å²) in [5.41, 5.74) is 1.29. The van der Waals surface area contributed by atoms with Gasteiger partial charge in [-0.2, -0.15) is 0 Å². The van der Waals surface area contributed by atoms with Gasteiger partial charge in [-0.25, -0.2) is 9.59 Å². The zero-order valence-electron chi connectivity index (χ0n) is 16.2. The number of carbonyl (C=O) groups excluding carboxylic acids is 2. The Bertz CT molecular complexity index is 835. The number of allylic oxidation sites excluding steroid dienone is 1. The molecule has 0 aliphatic carbocycles. The highest BCUT2D eigenvalue weighted by molar-refractivity contribution is 6.46. The Morgan fingerprint density at radius 3 is 2.46 bits per heavy atom. The molecule has 0 spiro atoms. The molecule has 0 fully saturated rings. The molecule has 1 heterocycles. The predicted molar refractivity (Wildman–Crippen MR) is 105 cm³/mol. The van der Waals surface area contributed by atoms with E-state index in [1.807, 2.05) is 0 Å². The van der Waals surface area contributed by atoms with E-state index in [2.05, 4.69) is 0 Å².